The molecule has 0 aromatic heterocycles. The van der Waals surface area contributed by atoms with Gasteiger partial charge in [0.1, 0.15) is 6.61 Å². The van der Waals surface area contributed by atoms with Gasteiger partial charge in [-0.05, 0) is 12.1 Å². The highest BCUT2D eigenvalue weighted by molar-refractivity contribution is 8.00. The molecule has 0 aliphatic carbocycles. The molecule has 0 bridgehead atoms. The smallest absolute Gasteiger partial charge is 0.338 e. The summed E-state index contributed by atoms with van der Waals surface area (Å²) in [6.45, 7) is 0.0341. The molecule has 1 atom stereocenters. The summed E-state index contributed by atoms with van der Waals surface area (Å²) in [5, 5.41) is 8.07. The molecular weight excluding hydrogens is 316 g/mol. The lowest BCUT2D eigenvalue weighted by Crippen LogP contribution is -2.34. The summed E-state index contributed by atoms with van der Waals surface area (Å²) in [5.41, 5.74) is 0.427. The van der Waals surface area contributed by atoms with Gasteiger partial charge in [-0.15, -0.1) is 11.8 Å². The van der Waals surface area contributed by atoms with Gasteiger partial charge in [0.2, 0.25) is 11.8 Å². The Morgan fingerprint density at radius 2 is 2.09 bits per heavy atom. The van der Waals surface area contributed by atoms with Crippen LogP contribution in [0.1, 0.15) is 23.2 Å². The highest BCUT2D eigenvalue weighted by Crippen LogP contribution is 2.25. The fourth-order valence-corrected chi connectivity index (χ4v) is 3.18. The van der Waals surface area contributed by atoms with Gasteiger partial charge in [-0.3, -0.25) is 14.5 Å². The number of hydrogen-bond acceptors (Lipinski definition) is 6. The highest BCUT2D eigenvalue weighted by Gasteiger charge is 2.38. The van der Waals surface area contributed by atoms with Gasteiger partial charge in [-0.25, -0.2) is 4.79 Å². The largest absolute Gasteiger partial charge is 0.460 e. The molecule has 0 saturated carbocycles. The van der Waals surface area contributed by atoms with Gasteiger partial charge in [-0.2, -0.15) is 5.26 Å². The van der Waals surface area contributed by atoms with Crippen molar-refractivity contribution in [3.8, 4) is 6.07 Å². The van der Waals surface area contributed by atoms with E-state index >= 15 is 0 Å². The first-order chi connectivity index (χ1) is 11.1. The van der Waals surface area contributed by atoms with E-state index in [0.717, 1.165) is 4.90 Å². The Kier molecular flexibility index (Phi) is 6.18. The maximum atomic E-state index is 12.1. The first kappa shape index (κ1) is 17.0. The fourth-order valence-electron chi connectivity index (χ4n) is 2.15. The van der Waals surface area contributed by atoms with Crippen LogP contribution in [0.2, 0.25) is 0 Å². The van der Waals surface area contributed by atoms with Crippen molar-refractivity contribution in [2.24, 2.45) is 0 Å². The lowest BCUT2D eigenvalue weighted by atomic mass is 10.2. The zero-order valence-electron chi connectivity index (χ0n) is 12.4. The Labute approximate surface area is 138 Å². The quantitative estimate of drug-likeness (QED) is 0.428. The Morgan fingerprint density at radius 1 is 1.35 bits per heavy atom. The molecule has 0 spiro atoms. The van der Waals surface area contributed by atoms with Crippen LogP contribution in [0.25, 0.3) is 0 Å². The molecule has 1 aliphatic rings. The average Bonchev–Trinajstić information content (AvgIpc) is 2.83. The zero-order valence-corrected chi connectivity index (χ0v) is 13.3. The van der Waals surface area contributed by atoms with Crippen molar-refractivity contribution in [2.45, 2.75) is 18.1 Å². The first-order valence-corrected chi connectivity index (χ1v) is 8.23. The maximum Gasteiger partial charge on any atom is 0.338 e. The number of carbonyl (C=O) groups excluding carboxylic acids is 3. The topological polar surface area (TPSA) is 87.5 Å². The number of hydrogen-bond donors (Lipinski definition) is 0. The normalized spacial score (nSPS) is 17.2. The Bertz CT molecular complexity index is 627. The van der Waals surface area contributed by atoms with Gasteiger partial charge in [0.25, 0.3) is 0 Å². The zero-order chi connectivity index (χ0) is 16.7. The summed E-state index contributed by atoms with van der Waals surface area (Å²) in [7, 11) is 0. The predicted octanol–water partition coefficient (Wildman–Crippen LogP) is 1.62. The van der Waals surface area contributed by atoms with E-state index in [9.17, 15) is 14.4 Å². The van der Waals surface area contributed by atoms with Gasteiger partial charge in [0.15, 0.2) is 0 Å². The summed E-state index contributed by atoms with van der Waals surface area (Å²) >= 11 is 1.32. The van der Waals surface area contributed by atoms with Crippen molar-refractivity contribution in [1.29, 1.82) is 5.26 Å². The Balaban J connectivity index is 1.79. The number of nitriles is 1. The van der Waals surface area contributed by atoms with Crippen LogP contribution in [0.15, 0.2) is 30.3 Å². The second-order valence-corrected chi connectivity index (χ2v) is 6.17. The van der Waals surface area contributed by atoms with Gasteiger partial charge in [0.05, 0.1) is 23.4 Å². The molecule has 1 heterocycles. The number of amides is 2. The van der Waals surface area contributed by atoms with Crippen molar-refractivity contribution in [2.75, 3.05) is 18.9 Å². The van der Waals surface area contributed by atoms with Crippen molar-refractivity contribution < 1.29 is 19.1 Å². The number of nitrogens with zero attached hydrogens (tertiary/aromatic N) is 2. The van der Waals surface area contributed by atoms with Crippen molar-refractivity contribution in [3.05, 3.63) is 35.9 Å². The second-order valence-electron chi connectivity index (χ2n) is 4.86. The minimum atomic E-state index is -0.482. The second kappa shape index (κ2) is 8.34. The molecule has 23 heavy (non-hydrogen) atoms. The molecule has 1 fully saturated rings. The standard InChI is InChI=1S/C16H16N2O4S/c17-7-4-10-23-13-11-14(19)18(15(13)20)8-9-22-16(21)12-5-2-1-3-6-12/h1-3,5-6,13H,4,8-11H2. The Hall–Kier alpha value is -2.33. The molecule has 0 N–H and O–H groups in total. The van der Waals surface area contributed by atoms with Gasteiger partial charge in [0, 0.05) is 18.6 Å². The lowest BCUT2D eigenvalue weighted by Gasteiger charge is -2.14. The van der Waals surface area contributed by atoms with E-state index in [-0.39, 0.29) is 31.4 Å². The van der Waals surface area contributed by atoms with E-state index in [0.29, 0.717) is 17.7 Å². The number of likely N-dealkylation sites (tertiary alicyclic amines) is 1. The molecule has 6 nitrogen and oxygen atoms in total. The summed E-state index contributed by atoms with van der Waals surface area (Å²) in [6, 6.07) is 10.5. The molecule has 1 aromatic carbocycles. The van der Waals surface area contributed by atoms with Crippen LogP contribution in [-0.4, -0.2) is 46.8 Å². The van der Waals surface area contributed by atoms with Crippen molar-refractivity contribution in [1.82, 2.24) is 4.90 Å². The first-order valence-electron chi connectivity index (χ1n) is 7.18. The third-order valence-corrected chi connectivity index (χ3v) is 4.50. The fraction of sp³-hybridized carbons (Fsp3) is 0.375. The van der Waals surface area contributed by atoms with E-state index in [1.807, 2.05) is 6.07 Å². The van der Waals surface area contributed by atoms with Gasteiger partial charge in [-0.1, -0.05) is 18.2 Å². The third kappa shape index (κ3) is 4.57. The summed E-state index contributed by atoms with van der Waals surface area (Å²) in [6.07, 6.45) is 0.485. The molecule has 7 heteroatoms. The maximum absolute atomic E-state index is 12.1. The number of ether oxygens (including phenoxy) is 1. The third-order valence-electron chi connectivity index (χ3n) is 3.29. The van der Waals surface area contributed by atoms with Crippen molar-refractivity contribution >= 4 is 29.5 Å². The number of imide groups is 1. The van der Waals surface area contributed by atoms with Crippen LogP contribution in [0.4, 0.5) is 0 Å². The number of carbonyl (C=O) groups is 3. The van der Waals surface area contributed by atoms with Crippen LogP contribution in [-0.2, 0) is 14.3 Å². The molecular formula is C16H16N2O4S. The van der Waals surface area contributed by atoms with Crippen LogP contribution in [0, 0.1) is 11.3 Å². The molecule has 1 aromatic rings. The molecule has 1 unspecified atom stereocenters. The van der Waals surface area contributed by atoms with Crippen LogP contribution < -0.4 is 0 Å². The molecule has 1 saturated heterocycles. The van der Waals surface area contributed by atoms with E-state index in [2.05, 4.69) is 0 Å². The van der Waals surface area contributed by atoms with Crippen LogP contribution >= 0.6 is 11.8 Å². The van der Waals surface area contributed by atoms with E-state index in [4.69, 9.17) is 10.00 Å². The van der Waals surface area contributed by atoms with Crippen LogP contribution in [0.3, 0.4) is 0 Å². The number of rotatable bonds is 7. The minimum absolute atomic E-state index is 0.0270. The van der Waals surface area contributed by atoms with E-state index < -0.39 is 11.2 Å². The van der Waals surface area contributed by atoms with E-state index in [1.54, 1.807) is 30.3 Å². The summed E-state index contributed by atoms with van der Waals surface area (Å²) in [4.78, 5) is 36.9. The number of thioether (sulfide) groups is 1. The van der Waals surface area contributed by atoms with Crippen molar-refractivity contribution in [3.63, 3.8) is 0 Å². The predicted molar refractivity (Wildman–Crippen MR) is 84.5 cm³/mol. The highest BCUT2D eigenvalue weighted by atomic mass is 32.2. The SMILES string of the molecule is N#CCCSC1CC(=O)N(CCOC(=O)c2ccccc2)C1=O. The number of esters is 1. The summed E-state index contributed by atoms with van der Waals surface area (Å²) < 4.78 is 5.09. The monoisotopic (exact) mass is 332 g/mol. The molecule has 2 amide bonds. The lowest BCUT2D eigenvalue weighted by molar-refractivity contribution is -0.138. The van der Waals surface area contributed by atoms with E-state index in [1.165, 1.54) is 11.8 Å². The molecule has 120 valence electrons. The number of benzene rings is 1. The molecule has 1 aliphatic heterocycles. The Morgan fingerprint density at radius 3 is 2.78 bits per heavy atom. The van der Waals surface area contributed by atoms with Gasteiger partial charge < -0.3 is 4.74 Å². The molecule has 2 rings (SSSR count). The van der Waals surface area contributed by atoms with Crippen LogP contribution in [0.5, 0.6) is 0 Å². The minimum Gasteiger partial charge on any atom is -0.460 e. The van der Waals surface area contributed by atoms with Gasteiger partial charge >= 0.3 is 5.97 Å². The molecule has 0 radical (unpaired) electrons. The summed E-state index contributed by atoms with van der Waals surface area (Å²) in [5.74, 6) is -0.490. The average molecular weight is 332 g/mol.